The zero-order chi connectivity index (χ0) is 17.6. The molecule has 0 fully saturated rings. The number of amides is 1. The molecule has 1 aromatic heterocycles. The van der Waals surface area contributed by atoms with Crippen LogP contribution in [0.1, 0.15) is 16.8 Å². The van der Waals surface area contributed by atoms with E-state index >= 15 is 0 Å². The van der Waals surface area contributed by atoms with E-state index in [1.807, 2.05) is 29.0 Å². The standard InChI is InChI=1S/C18H23N5O2/c1-19-18(22(2)13-16-8-10-25-21-16)20-11-17(24)23-9-7-14-5-3-4-6-15(14)12-23/h3-6,8,10H,7,9,11-13H2,1-2H3,(H,19,20). The van der Waals surface area contributed by atoms with Crippen LogP contribution in [-0.4, -0.2) is 54.0 Å². The Morgan fingerprint density at radius 2 is 2.16 bits per heavy atom. The summed E-state index contributed by atoms with van der Waals surface area (Å²) < 4.78 is 4.84. The summed E-state index contributed by atoms with van der Waals surface area (Å²) in [6.45, 7) is 2.20. The summed E-state index contributed by atoms with van der Waals surface area (Å²) in [5.74, 6) is 0.722. The van der Waals surface area contributed by atoms with Gasteiger partial charge >= 0.3 is 0 Å². The molecule has 2 aromatic rings. The lowest BCUT2D eigenvalue weighted by Gasteiger charge is -2.29. The second-order valence-corrected chi connectivity index (χ2v) is 6.08. The van der Waals surface area contributed by atoms with E-state index in [2.05, 4.69) is 27.6 Å². The average molecular weight is 341 g/mol. The van der Waals surface area contributed by atoms with Gasteiger partial charge < -0.3 is 19.6 Å². The molecule has 0 radical (unpaired) electrons. The lowest BCUT2D eigenvalue weighted by molar-refractivity contribution is -0.130. The van der Waals surface area contributed by atoms with Crippen LogP contribution in [0.25, 0.3) is 0 Å². The van der Waals surface area contributed by atoms with Gasteiger partial charge in [-0.05, 0) is 17.5 Å². The molecule has 1 aliphatic rings. The number of guanidine groups is 1. The third-order valence-electron chi connectivity index (χ3n) is 4.34. The van der Waals surface area contributed by atoms with Crippen molar-refractivity contribution in [1.82, 2.24) is 20.3 Å². The van der Waals surface area contributed by atoms with Gasteiger partial charge in [0, 0.05) is 33.3 Å². The first kappa shape index (κ1) is 17.0. The summed E-state index contributed by atoms with van der Waals surface area (Å²) in [5.41, 5.74) is 3.38. The molecule has 132 valence electrons. The number of nitrogens with one attached hydrogen (secondary N) is 1. The summed E-state index contributed by atoms with van der Waals surface area (Å²) in [4.78, 5) is 20.5. The van der Waals surface area contributed by atoms with E-state index in [1.54, 1.807) is 13.1 Å². The fourth-order valence-electron chi connectivity index (χ4n) is 3.00. The number of benzene rings is 1. The number of nitrogens with zero attached hydrogens (tertiary/aromatic N) is 4. The lowest BCUT2D eigenvalue weighted by atomic mass is 10.00. The Morgan fingerprint density at radius 1 is 1.36 bits per heavy atom. The van der Waals surface area contributed by atoms with Gasteiger partial charge in [-0.2, -0.15) is 0 Å². The van der Waals surface area contributed by atoms with Crippen molar-refractivity contribution < 1.29 is 9.32 Å². The van der Waals surface area contributed by atoms with Crippen LogP contribution in [-0.2, 0) is 24.3 Å². The zero-order valence-electron chi connectivity index (χ0n) is 14.6. The van der Waals surface area contributed by atoms with E-state index in [-0.39, 0.29) is 12.5 Å². The summed E-state index contributed by atoms with van der Waals surface area (Å²) in [5, 5.41) is 7.02. The maximum Gasteiger partial charge on any atom is 0.242 e. The summed E-state index contributed by atoms with van der Waals surface area (Å²) in [7, 11) is 3.59. The minimum Gasteiger partial charge on any atom is -0.364 e. The highest BCUT2D eigenvalue weighted by molar-refractivity contribution is 5.86. The van der Waals surface area contributed by atoms with E-state index in [1.165, 1.54) is 17.4 Å². The van der Waals surface area contributed by atoms with E-state index < -0.39 is 0 Å². The van der Waals surface area contributed by atoms with Gasteiger partial charge in [0.2, 0.25) is 5.91 Å². The molecule has 0 bridgehead atoms. The Hall–Kier alpha value is -2.83. The van der Waals surface area contributed by atoms with Crippen LogP contribution in [0.3, 0.4) is 0 Å². The summed E-state index contributed by atoms with van der Waals surface area (Å²) in [6, 6.07) is 10.1. The van der Waals surface area contributed by atoms with Gasteiger partial charge in [-0.3, -0.25) is 9.79 Å². The Morgan fingerprint density at radius 3 is 2.88 bits per heavy atom. The molecule has 0 atom stereocenters. The van der Waals surface area contributed by atoms with E-state index in [0.29, 0.717) is 19.0 Å². The number of aromatic nitrogens is 1. The highest BCUT2D eigenvalue weighted by Gasteiger charge is 2.20. The van der Waals surface area contributed by atoms with Gasteiger partial charge in [0.15, 0.2) is 5.96 Å². The SMILES string of the molecule is CN=C(NCC(=O)N1CCc2ccccc2C1)N(C)Cc1ccon1. The van der Waals surface area contributed by atoms with Crippen LogP contribution >= 0.6 is 0 Å². The molecular formula is C18H23N5O2. The Kier molecular flexibility index (Phi) is 5.33. The molecule has 0 saturated carbocycles. The number of carbonyl (C=O) groups is 1. The van der Waals surface area contributed by atoms with Crippen molar-refractivity contribution >= 4 is 11.9 Å². The van der Waals surface area contributed by atoms with Crippen LogP contribution in [0.15, 0.2) is 46.1 Å². The van der Waals surface area contributed by atoms with Crippen molar-refractivity contribution in [1.29, 1.82) is 0 Å². The van der Waals surface area contributed by atoms with Gasteiger partial charge in [0.05, 0.1) is 13.1 Å². The third-order valence-corrected chi connectivity index (χ3v) is 4.34. The van der Waals surface area contributed by atoms with Crippen LogP contribution in [0.4, 0.5) is 0 Å². The summed E-state index contributed by atoms with van der Waals surface area (Å²) in [6.07, 6.45) is 2.44. The Balaban J connectivity index is 1.52. The average Bonchev–Trinajstić information content (AvgIpc) is 3.14. The molecule has 1 aliphatic heterocycles. The Labute approximate surface area is 147 Å². The first-order valence-electron chi connectivity index (χ1n) is 8.33. The van der Waals surface area contributed by atoms with Crippen molar-refractivity contribution in [2.24, 2.45) is 4.99 Å². The quantitative estimate of drug-likeness (QED) is 0.670. The molecule has 1 amide bonds. The molecule has 25 heavy (non-hydrogen) atoms. The van der Waals surface area contributed by atoms with Gasteiger partial charge in [-0.1, -0.05) is 29.4 Å². The van der Waals surface area contributed by atoms with Crippen molar-refractivity contribution in [3.63, 3.8) is 0 Å². The van der Waals surface area contributed by atoms with Gasteiger partial charge in [0.1, 0.15) is 12.0 Å². The fraction of sp³-hybridized carbons (Fsp3) is 0.389. The molecule has 1 aromatic carbocycles. The number of aliphatic imine (C=N–C) groups is 1. The summed E-state index contributed by atoms with van der Waals surface area (Å²) >= 11 is 0. The molecule has 1 N–H and O–H groups in total. The third kappa shape index (κ3) is 4.17. The van der Waals surface area contributed by atoms with Gasteiger partial charge in [-0.15, -0.1) is 0 Å². The first-order chi connectivity index (χ1) is 12.2. The van der Waals surface area contributed by atoms with Crippen LogP contribution < -0.4 is 5.32 Å². The predicted octanol–water partition coefficient (Wildman–Crippen LogP) is 1.27. The van der Waals surface area contributed by atoms with Crippen molar-refractivity contribution in [3.05, 3.63) is 53.4 Å². The molecule has 3 rings (SSSR count). The minimum absolute atomic E-state index is 0.0745. The highest BCUT2D eigenvalue weighted by atomic mass is 16.5. The van der Waals surface area contributed by atoms with Gasteiger partial charge in [0.25, 0.3) is 0 Å². The van der Waals surface area contributed by atoms with Crippen LogP contribution in [0.2, 0.25) is 0 Å². The number of fused-ring (bicyclic) bond motifs is 1. The largest absolute Gasteiger partial charge is 0.364 e. The number of hydrogen-bond acceptors (Lipinski definition) is 4. The number of hydrogen-bond donors (Lipinski definition) is 1. The Bertz CT molecular complexity index is 742. The number of rotatable bonds is 4. The monoisotopic (exact) mass is 341 g/mol. The molecular weight excluding hydrogens is 318 g/mol. The maximum absolute atomic E-state index is 12.5. The van der Waals surface area contributed by atoms with E-state index in [9.17, 15) is 4.79 Å². The molecule has 0 unspecified atom stereocenters. The topological polar surface area (TPSA) is 74.0 Å². The zero-order valence-corrected chi connectivity index (χ0v) is 14.6. The predicted molar refractivity (Wildman–Crippen MR) is 94.9 cm³/mol. The normalized spacial score (nSPS) is 14.2. The second kappa shape index (κ2) is 7.83. The van der Waals surface area contributed by atoms with Gasteiger partial charge in [-0.25, -0.2) is 0 Å². The molecule has 7 nitrogen and oxygen atoms in total. The molecule has 0 saturated heterocycles. The highest BCUT2D eigenvalue weighted by Crippen LogP contribution is 2.18. The van der Waals surface area contributed by atoms with Crippen LogP contribution in [0, 0.1) is 0 Å². The minimum atomic E-state index is 0.0745. The fourth-order valence-corrected chi connectivity index (χ4v) is 3.00. The molecule has 2 heterocycles. The first-order valence-corrected chi connectivity index (χ1v) is 8.33. The van der Waals surface area contributed by atoms with Crippen LogP contribution in [0.5, 0.6) is 0 Å². The number of carbonyl (C=O) groups excluding carboxylic acids is 1. The lowest BCUT2D eigenvalue weighted by Crippen LogP contribution is -2.46. The molecule has 0 spiro atoms. The van der Waals surface area contributed by atoms with Crippen molar-refractivity contribution in [3.8, 4) is 0 Å². The van der Waals surface area contributed by atoms with Crippen molar-refractivity contribution in [2.75, 3.05) is 27.2 Å². The smallest absolute Gasteiger partial charge is 0.242 e. The maximum atomic E-state index is 12.5. The molecule has 7 heteroatoms. The van der Waals surface area contributed by atoms with E-state index in [4.69, 9.17) is 4.52 Å². The second-order valence-electron chi connectivity index (χ2n) is 6.08. The van der Waals surface area contributed by atoms with Crippen molar-refractivity contribution in [2.45, 2.75) is 19.5 Å². The van der Waals surface area contributed by atoms with E-state index in [0.717, 1.165) is 18.7 Å². The molecule has 0 aliphatic carbocycles.